The van der Waals surface area contributed by atoms with Crippen molar-refractivity contribution in [2.45, 2.75) is 206 Å². The Morgan fingerprint density at radius 1 is 0.463 bits per heavy atom. The number of esters is 2. The smallest absolute Gasteiger partial charge is 0.306 e. The van der Waals surface area contributed by atoms with Gasteiger partial charge in [0.2, 0.25) is 0 Å². The van der Waals surface area contributed by atoms with Crippen LogP contribution >= 0.6 is 0 Å². The van der Waals surface area contributed by atoms with Crippen LogP contribution in [-0.4, -0.2) is 36.4 Å². The molecule has 0 unspecified atom stereocenters. The molecule has 244 valence electrons. The third-order valence-corrected chi connectivity index (χ3v) is 8.15. The molecule has 0 aromatic carbocycles. The van der Waals surface area contributed by atoms with Gasteiger partial charge in [-0.1, -0.05) is 174 Å². The summed E-state index contributed by atoms with van der Waals surface area (Å²) in [6.07, 6.45) is 34.7. The van der Waals surface area contributed by atoms with Gasteiger partial charge in [0, 0.05) is 12.8 Å². The maximum Gasteiger partial charge on any atom is 0.306 e. The van der Waals surface area contributed by atoms with Crippen molar-refractivity contribution < 1.29 is 24.2 Å². The molecule has 41 heavy (non-hydrogen) atoms. The Morgan fingerprint density at radius 2 is 0.756 bits per heavy atom. The van der Waals surface area contributed by atoms with E-state index in [-0.39, 0.29) is 25.2 Å². The fourth-order valence-electron chi connectivity index (χ4n) is 5.38. The molecule has 5 heteroatoms. The molecular formula is C36H70O5. The van der Waals surface area contributed by atoms with E-state index >= 15 is 0 Å². The maximum absolute atomic E-state index is 12.1. The summed E-state index contributed by atoms with van der Waals surface area (Å²) in [7, 11) is 0. The van der Waals surface area contributed by atoms with Gasteiger partial charge in [0.1, 0.15) is 6.61 Å². The Bertz CT molecular complexity index is 550. The molecule has 0 aliphatic heterocycles. The number of carbonyl (C=O) groups is 2. The second kappa shape index (κ2) is 33.4. The second-order valence-electron chi connectivity index (χ2n) is 12.3. The number of carbonyl (C=O) groups excluding carboxylic acids is 2. The Hall–Kier alpha value is -1.10. The standard InChI is InChI=1S/C36H70O5/c1-3-5-7-9-11-12-13-14-15-16-17-18-19-20-21-22-23-25-27-29-31-36(39)41-34(32-37)33-40-35(38)30-28-26-24-10-8-6-4-2/h34,37H,3-33H2,1-2H3/t34-/m0/s1. The van der Waals surface area contributed by atoms with E-state index in [9.17, 15) is 14.7 Å². The van der Waals surface area contributed by atoms with E-state index in [1.165, 1.54) is 135 Å². The van der Waals surface area contributed by atoms with Crippen LogP contribution < -0.4 is 0 Å². The molecule has 0 saturated heterocycles. The summed E-state index contributed by atoms with van der Waals surface area (Å²) in [6.45, 7) is 4.11. The van der Waals surface area contributed by atoms with Gasteiger partial charge >= 0.3 is 11.9 Å². The molecule has 0 amide bonds. The third-order valence-electron chi connectivity index (χ3n) is 8.15. The Morgan fingerprint density at radius 3 is 1.07 bits per heavy atom. The van der Waals surface area contributed by atoms with Crippen LogP contribution in [0.2, 0.25) is 0 Å². The number of hydrogen-bond acceptors (Lipinski definition) is 5. The number of rotatable bonds is 33. The first-order chi connectivity index (χ1) is 20.1. The molecule has 1 N–H and O–H groups in total. The van der Waals surface area contributed by atoms with Crippen molar-refractivity contribution >= 4 is 11.9 Å². The lowest BCUT2D eigenvalue weighted by molar-refractivity contribution is -0.161. The Labute approximate surface area is 255 Å². The van der Waals surface area contributed by atoms with E-state index < -0.39 is 6.10 Å². The Balaban J connectivity index is 3.44. The van der Waals surface area contributed by atoms with Crippen LogP contribution in [-0.2, 0) is 19.1 Å². The zero-order valence-corrected chi connectivity index (χ0v) is 27.6. The van der Waals surface area contributed by atoms with Crippen LogP contribution in [0.25, 0.3) is 0 Å². The van der Waals surface area contributed by atoms with Gasteiger partial charge in [-0.25, -0.2) is 0 Å². The van der Waals surface area contributed by atoms with Crippen LogP contribution in [0, 0.1) is 0 Å². The van der Waals surface area contributed by atoms with Crippen molar-refractivity contribution in [3.05, 3.63) is 0 Å². The van der Waals surface area contributed by atoms with Gasteiger partial charge in [-0.15, -0.1) is 0 Å². The van der Waals surface area contributed by atoms with E-state index in [1.54, 1.807) is 0 Å². The van der Waals surface area contributed by atoms with Gasteiger partial charge in [0.15, 0.2) is 6.10 Å². The van der Waals surface area contributed by atoms with Gasteiger partial charge in [0.05, 0.1) is 6.61 Å². The van der Waals surface area contributed by atoms with E-state index in [2.05, 4.69) is 13.8 Å². The SMILES string of the molecule is CCCCCCCCCCCCCCCCCCCCCCC(=O)O[C@@H](CO)COC(=O)CCCCCCCCC. The topological polar surface area (TPSA) is 72.8 Å². The summed E-state index contributed by atoms with van der Waals surface area (Å²) in [4.78, 5) is 24.0. The number of ether oxygens (including phenoxy) is 2. The van der Waals surface area contributed by atoms with Gasteiger partial charge in [-0.05, 0) is 12.8 Å². The van der Waals surface area contributed by atoms with Gasteiger partial charge in [0.25, 0.3) is 0 Å². The monoisotopic (exact) mass is 583 g/mol. The highest BCUT2D eigenvalue weighted by Crippen LogP contribution is 2.15. The van der Waals surface area contributed by atoms with Gasteiger partial charge in [-0.3, -0.25) is 9.59 Å². The zero-order chi connectivity index (χ0) is 30.1. The lowest BCUT2D eigenvalue weighted by Crippen LogP contribution is -2.28. The maximum atomic E-state index is 12.1. The molecule has 0 spiro atoms. The lowest BCUT2D eigenvalue weighted by atomic mass is 10.0. The fraction of sp³-hybridized carbons (Fsp3) is 0.944. The van der Waals surface area contributed by atoms with Crippen LogP contribution in [0.4, 0.5) is 0 Å². The minimum atomic E-state index is -0.759. The molecule has 0 aromatic rings. The van der Waals surface area contributed by atoms with E-state index in [4.69, 9.17) is 9.47 Å². The quantitative estimate of drug-likeness (QED) is 0.0615. The van der Waals surface area contributed by atoms with Gasteiger partial charge < -0.3 is 14.6 Å². The first-order valence-corrected chi connectivity index (χ1v) is 18.1. The molecule has 0 fully saturated rings. The zero-order valence-electron chi connectivity index (χ0n) is 27.6. The van der Waals surface area contributed by atoms with Crippen molar-refractivity contribution in [3.63, 3.8) is 0 Å². The van der Waals surface area contributed by atoms with Crippen LogP contribution in [0.15, 0.2) is 0 Å². The fourth-order valence-corrected chi connectivity index (χ4v) is 5.38. The largest absolute Gasteiger partial charge is 0.462 e. The molecule has 0 heterocycles. The van der Waals surface area contributed by atoms with E-state index in [0.29, 0.717) is 12.8 Å². The molecule has 0 radical (unpaired) electrons. The van der Waals surface area contributed by atoms with Gasteiger partial charge in [-0.2, -0.15) is 0 Å². The highest BCUT2D eigenvalue weighted by molar-refractivity contribution is 5.70. The van der Waals surface area contributed by atoms with Crippen molar-refractivity contribution in [2.24, 2.45) is 0 Å². The summed E-state index contributed by atoms with van der Waals surface area (Å²) in [6, 6.07) is 0. The third kappa shape index (κ3) is 31.7. The average Bonchev–Trinajstić information content (AvgIpc) is 2.97. The summed E-state index contributed by atoms with van der Waals surface area (Å²) in [5, 5.41) is 9.48. The molecule has 0 aromatic heterocycles. The summed E-state index contributed by atoms with van der Waals surface area (Å²) < 4.78 is 10.5. The Kier molecular flexibility index (Phi) is 32.5. The van der Waals surface area contributed by atoms with Crippen molar-refractivity contribution in [1.82, 2.24) is 0 Å². The molecule has 0 saturated carbocycles. The molecule has 0 rings (SSSR count). The average molecular weight is 583 g/mol. The minimum Gasteiger partial charge on any atom is -0.462 e. The predicted octanol–water partition coefficient (Wildman–Crippen LogP) is 10.8. The van der Waals surface area contributed by atoms with E-state index in [1.807, 2.05) is 0 Å². The van der Waals surface area contributed by atoms with Crippen LogP contribution in [0.3, 0.4) is 0 Å². The number of unbranched alkanes of at least 4 members (excludes halogenated alkanes) is 25. The molecule has 0 bridgehead atoms. The molecular weight excluding hydrogens is 512 g/mol. The normalized spacial score (nSPS) is 12.0. The molecule has 0 aliphatic rings. The summed E-state index contributed by atoms with van der Waals surface area (Å²) in [5.41, 5.74) is 0. The first-order valence-electron chi connectivity index (χ1n) is 18.1. The summed E-state index contributed by atoms with van der Waals surface area (Å²) in [5.74, 6) is -0.586. The van der Waals surface area contributed by atoms with Crippen molar-refractivity contribution in [2.75, 3.05) is 13.2 Å². The number of aliphatic hydroxyl groups excluding tert-OH is 1. The minimum absolute atomic E-state index is 0.0587. The lowest BCUT2D eigenvalue weighted by Gasteiger charge is -2.15. The molecule has 1 atom stereocenters. The van der Waals surface area contributed by atoms with Crippen molar-refractivity contribution in [1.29, 1.82) is 0 Å². The van der Waals surface area contributed by atoms with Crippen LogP contribution in [0.1, 0.15) is 200 Å². The predicted molar refractivity (Wildman–Crippen MR) is 173 cm³/mol. The van der Waals surface area contributed by atoms with E-state index in [0.717, 1.165) is 38.5 Å². The molecule has 5 nitrogen and oxygen atoms in total. The highest BCUT2D eigenvalue weighted by atomic mass is 16.6. The van der Waals surface area contributed by atoms with Crippen molar-refractivity contribution in [3.8, 4) is 0 Å². The molecule has 0 aliphatic carbocycles. The highest BCUT2D eigenvalue weighted by Gasteiger charge is 2.16. The first kappa shape index (κ1) is 39.9. The number of hydrogen-bond donors (Lipinski definition) is 1. The van der Waals surface area contributed by atoms with Crippen LogP contribution in [0.5, 0.6) is 0 Å². The number of aliphatic hydroxyl groups is 1. The second-order valence-corrected chi connectivity index (χ2v) is 12.3. The summed E-state index contributed by atoms with van der Waals surface area (Å²) >= 11 is 0.